The number of alkyl halides is 1. The molecule has 1 N–H and O–H groups in total. The number of nitrogens with zero attached hydrogens (tertiary/aromatic N) is 1. The van der Waals surface area contributed by atoms with E-state index in [4.69, 9.17) is 5.11 Å². The quantitative estimate of drug-likeness (QED) is 0.727. The van der Waals surface area contributed by atoms with Crippen LogP contribution in [0.2, 0.25) is 0 Å². The molecule has 0 aromatic rings. The third-order valence-corrected chi connectivity index (χ3v) is 2.51. The number of carboxylic acid groups (broad SMARTS) is 1. The van der Waals surface area contributed by atoms with Gasteiger partial charge in [0.05, 0.1) is 0 Å². The number of aliphatic carboxylic acids is 1. The van der Waals surface area contributed by atoms with Crippen LogP contribution in [0.3, 0.4) is 0 Å². The first-order chi connectivity index (χ1) is 6.15. The molecular weight excluding hydrogens is 173 g/mol. The predicted octanol–water partition coefficient (Wildman–Crippen LogP) is 1.28. The molecule has 1 heterocycles. The molecule has 0 spiro atoms. The molecule has 76 valence electrons. The van der Waals surface area contributed by atoms with Gasteiger partial charge in [-0.25, -0.2) is 4.39 Å². The van der Waals surface area contributed by atoms with E-state index < -0.39 is 18.2 Å². The van der Waals surface area contributed by atoms with Gasteiger partial charge in [-0.3, -0.25) is 9.69 Å². The highest BCUT2D eigenvalue weighted by atomic mass is 19.1. The molecule has 3 nitrogen and oxygen atoms in total. The molecule has 1 aliphatic heterocycles. The highest BCUT2D eigenvalue weighted by molar-refractivity contribution is 5.73. The minimum absolute atomic E-state index is 0.283. The maximum absolute atomic E-state index is 13.0. The fourth-order valence-corrected chi connectivity index (χ4v) is 1.82. The van der Waals surface area contributed by atoms with Gasteiger partial charge < -0.3 is 5.11 Å². The third kappa shape index (κ3) is 2.66. The van der Waals surface area contributed by atoms with Crippen molar-refractivity contribution in [1.29, 1.82) is 0 Å². The van der Waals surface area contributed by atoms with Crippen molar-refractivity contribution in [3.63, 3.8) is 0 Å². The molecule has 2 unspecified atom stereocenters. The molecular formula is C9H16FNO2. The molecule has 4 heteroatoms. The molecule has 1 fully saturated rings. The number of piperidine rings is 1. The second-order valence-corrected chi connectivity index (χ2v) is 3.50. The summed E-state index contributed by atoms with van der Waals surface area (Å²) in [6, 6.07) is -0.501. The van der Waals surface area contributed by atoms with Crippen molar-refractivity contribution in [3.05, 3.63) is 0 Å². The van der Waals surface area contributed by atoms with Gasteiger partial charge in [0.25, 0.3) is 0 Å². The molecule has 0 aromatic carbocycles. The van der Waals surface area contributed by atoms with Crippen LogP contribution in [0.4, 0.5) is 4.39 Å². The van der Waals surface area contributed by atoms with Crippen LogP contribution in [0.5, 0.6) is 0 Å². The summed E-state index contributed by atoms with van der Waals surface area (Å²) in [5.74, 6) is -0.836. The van der Waals surface area contributed by atoms with Crippen LogP contribution in [0, 0.1) is 0 Å². The maximum atomic E-state index is 13.0. The van der Waals surface area contributed by atoms with E-state index in [1.807, 2.05) is 6.92 Å². The van der Waals surface area contributed by atoms with Gasteiger partial charge in [-0.2, -0.15) is 0 Å². The summed E-state index contributed by atoms with van der Waals surface area (Å²) in [4.78, 5) is 12.5. The SMILES string of the molecule is CCC(C(=O)O)N1CCCC(F)C1. The number of hydrogen-bond donors (Lipinski definition) is 1. The molecule has 1 aliphatic rings. The average Bonchev–Trinajstić information content (AvgIpc) is 2.04. The second-order valence-electron chi connectivity index (χ2n) is 3.50. The molecule has 2 atom stereocenters. The third-order valence-electron chi connectivity index (χ3n) is 2.51. The zero-order valence-electron chi connectivity index (χ0n) is 7.87. The topological polar surface area (TPSA) is 40.5 Å². The molecule has 0 radical (unpaired) electrons. The van der Waals surface area contributed by atoms with E-state index >= 15 is 0 Å². The summed E-state index contributed by atoms with van der Waals surface area (Å²) in [5, 5.41) is 8.85. The molecule has 1 rings (SSSR count). The van der Waals surface area contributed by atoms with Crippen molar-refractivity contribution in [2.24, 2.45) is 0 Å². The lowest BCUT2D eigenvalue weighted by Gasteiger charge is -2.32. The van der Waals surface area contributed by atoms with Crippen LogP contribution in [0.25, 0.3) is 0 Å². The van der Waals surface area contributed by atoms with Crippen molar-refractivity contribution in [1.82, 2.24) is 4.90 Å². The van der Waals surface area contributed by atoms with Crippen molar-refractivity contribution in [2.45, 2.75) is 38.4 Å². The summed E-state index contributed by atoms with van der Waals surface area (Å²) in [6.07, 6.45) is 1.04. The number of likely N-dealkylation sites (tertiary alicyclic amines) is 1. The van der Waals surface area contributed by atoms with E-state index in [-0.39, 0.29) is 6.54 Å². The fraction of sp³-hybridized carbons (Fsp3) is 0.889. The lowest BCUT2D eigenvalue weighted by Crippen LogP contribution is -2.47. The van der Waals surface area contributed by atoms with Gasteiger partial charge in [0.2, 0.25) is 0 Å². The molecule has 0 aliphatic carbocycles. The van der Waals surface area contributed by atoms with Gasteiger partial charge in [-0.05, 0) is 25.8 Å². The van der Waals surface area contributed by atoms with E-state index in [1.165, 1.54) is 0 Å². The summed E-state index contributed by atoms with van der Waals surface area (Å²) in [7, 11) is 0. The number of carbonyl (C=O) groups is 1. The van der Waals surface area contributed by atoms with E-state index in [0.29, 0.717) is 19.4 Å². The number of hydrogen-bond acceptors (Lipinski definition) is 2. The molecule has 0 aromatic heterocycles. The van der Waals surface area contributed by atoms with Crippen molar-refractivity contribution < 1.29 is 14.3 Å². The first-order valence-corrected chi connectivity index (χ1v) is 4.76. The zero-order valence-corrected chi connectivity index (χ0v) is 7.87. The van der Waals surface area contributed by atoms with Gasteiger partial charge in [-0.1, -0.05) is 6.92 Å². The van der Waals surface area contributed by atoms with Gasteiger partial charge in [0, 0.05) is 6.54 Å². The summed E-state index contributed by atoms with van der Waals surface area (Å²) in [5.41, 5.74) is 0. The Balaban J connectivity index is 2.52. The van der Waals surface area contributed by atoms with Crippen molar-refractivity contribution in [3.8, 4) is 0 Å². The first-order valence-electron chi connectivity index (χ1n) is 4.76. The Labute approximate surface area is 77.5 Å². The van der Waals surface area contributed by atoms with Crippen LogP contribution >= 0.6 is 0 Å². The van der Waals surface area contributed by atoms with Gasteiger partial charge >= 0.3 is 5.97 Å². The Bertz CT molecular complexity index is 186. The summed E-state index contributed by atoms with van der Waals surface area (Å²) in [6.45, 7) is 2.82. The second kappa shape index (κ2) is 4.56. The van der Waals surface area contributed by atoms with E-state index in [0.717, 1.165) is 6.42 Å². The number of rotatable bonds is 3. The summed E-state index contributed by atoms with van der Waals surface area (Å²) < 4.78 is 13.0. The Morgan fingerprint density at radius 2 is 2.46 bits per heavy atom. The van der Waals surface area contributed by atoms with E-state index in [9.17, 15) is 9.18 Å². The van der Waals surface area contributed by atoms with Crippen LogP contribution in [0.1, 0.15) is 26.2 Å². The van der Waals surface area contributed by atoms with Crippen molar-refractivity contribution in [2.75, 3.05) is 13.1 Å². The Morgan fingerprint density at radius 1 is 1.77 bits per heavy atom. The Morgan fingerprint density at radius 3 is 2.92 bits per heavy atom. The van der Waals surface area contributed by atoms with Crippen molar-refractivity contribution >= 4 is 5.97 Å². The average molecular weight is 189 g/mol. The minimum Gasteiger partial charge on any atom is -0.480 e. The minimum atomic E-state index is -0.845. The maximum Gasteiger partial charge on any atom is 0.320 e. The Kier molecular flexibility index (Phi) is 3.66. The van der Waals surface area contributed by atoms with Crippen LogP contribution < -0.4 is 0 Å². The molecule has 13 heavy (non-hydrogen) atoms. The fourth-order valence-electron chi connectivity index (χ4n) is 1.82. The van der Waals surface area contributed by atoms with E-state index in [1.54, 1.807) is 4.90 Å². The van der Waals surface area contributed by atoms with Crippen LogP contribution in [-0.2, 0) is 4.79 Å². The predicted molar refractivity (Wildman–Crippen MR) is 47.4 cm³/mol. The molecule has 0 amide bonds. The number of halogens is 1. The normalized spacial score (nSPS) is 27.1. The van der Waals surface area contributed by atoms with Gasteiger partial charge in [0.15, 0.2) is 0 Å². The zero-order chi connectivity index (χ0) is 9.84. The van der Waals surface area contributed by atoms with Gasteiger partial charge in [0.1, 0.15) is 12.2 Å². The van der Waals surface area contributed by atoms with Gasteiger partial charge in [-0.15, -0.1) is 0 Å². The lowest BCUT2D eigenvalue weighted by atomic mass is 10.1. The number of carboxylic acids is 1. The standard InChI is InChI=1S/C9H16FNO2/c1-2-8(9(12)13)11-5-3-4-7(10)6-11/h7-8H,2-6H2,1H3,(H,12,13). The van der Waals surface area contributed by atoms with Crippen LogP contribution in [0.15, 0.2) is 0 Å². The largest absolute Gasteiger partial charge is 0.480 e. The molecule has 0 saturated carbocycles. The monoisotopic (exact) mass is 189 g/mol. The highest BCUT2D eigenvalue weighted by Crippen LogP contribution is 2.16. The lowest BCUT2D eigenvalue weighted by molar-refractivity contribution is -0.144. The smallest absolute Gasteiger partial charge is 0.320 e. The summed E-state index contributed by atoms with van der Waals surface area (Å²) >= 11 is 0. The van der Waals surface area contributed by atoms with Crippen LogP contribution in [-0.4, -0.2) is 41.3 Å². The van der Waals surface area contributed by atoms with E-state index in [2.05, 4.69) is 0 Å². The molecule has 0 bridgehead atoms. The highest BCUT2D eigenvalue weighted by Gasteiger charge is 2.28. The Hall–Kier alpha value is -0.640. The first kappa shape index (κ1) is 10.4. The molecule has 1 saturated heterocycles.